The van der Waals surface area contributed by atoms with Crippen molar-refractivity contribution in [3.63, 3.8) is 0 Å². The molecule has 8 rings (SSSR count). The van der Waals surface area contributed by atoms with Gasteiger partial charge in [0.1, 0.15) is 30.0 Å². The minimum atomic E-state index is -1.73. The number of allylic oxidation sites excluding steroid dienone is 1. The van der Waals surface area contributed by atoms with Crippen molar-refractivity contribution < 1.29 is 43.5 Å². The van der Waals surface area contributed by atoms with Crippen molar-refractivity contribution in [1.29, 1.82) is 0 Å². The molecule has 4 aliphatic carbocycles. The van der Waals surface area contributed by atoms with Gasteiger partial charge in [-0.2, -0.15) is 0 Å². The molecule has 37 heavy (non-hydrogen) atoms. The molecule has 13 atom stereocenters. The number of fused-ring (bicyclic) bond motifs is 2. The number of carboxylic acid groups (broad SMARTS) is 1. The number of aliphatic hydroxyl groups excluding tert-OH is 1. The van der Waals surface area contributed by atoms with E-state index in [-0.39, 0.29) is 30.3 Å². The lowest BCUT2D eigenvalue weighted by molar-refractivity contribution is -0.448. The first kappa shape index (κ1) is 24.7. The van der Waals surface area contributed by atoms with Crippen molar-refractivity contribution in [2.45, 2.75) is 90.1 Å². The van der Waals surface area contributed by atoms with Gasteiger partial charge in [0.05, 0.1) is 12.0 Å². The number of ether oxygens (including phenoxy) is 5. The summed E-state index contributed by atoms with van der Waals surface area (Å²) in [6.07, 6.45) is 2.63. The summed E-state index contributed by atoms with van der Waals surface area (Å²) in [6.45, 7) is 8.60. The zero-order chi connectivity index (χ0) is 26.1. The normalized spacial score (nSPS) is 56.3. The van der Waals surface area contributed by atoms with Gasteiger partial charge in [-0.15, -0.1) is 0 Å². The lowest BCUT2D eigenvalue weighted by Crippen LogP contribution is -2.66. The summed E-state index contributed by atoms with van der Waals surface area (Å²) in [4.78, 5) is 26.8. The van der Waals surface area contributed by atoms with E-state index < -0.39 is 58.9 Å². The summed E-state index contributed by atoms with van der Waals surface area (Å²) in [6, 6.07) is 0. The fraction of sp³-hybridized carbons (Fsp3) is 0.857. The molecule has 2 N–H and O–H groups in total. The first-order valence-corrected chi connectivity index (χ1v) is 14.0. The minimum Gasteiger partial charge on any atom is -0.481 e. The summed E-state index contributed by atoms with van der Waals surface area (Å²) >= 11 is 0. The van der Waals surface area contributed by atoms with Crippen LogP contribution in [0.3, 0.4) is 0 Å². The second kappa shape index (κ2) is 7.64. The fourth-order valence-electron chi connectivity index (χ4n) is 10.2. The number of rotatable bonds is 8. The van der Waals surface area contributed by atoms with Gasteiger partial charge in [-0.1, -0.05) is 38.8 Å². The van der Waals surface area contributed by atoms with Crippen molar-refractivity contribution >= 4 is 12.3 Å². The van der Waals surface area contributed by atoms with Gasteiger partial charge in [0, 0.05) is 12.0 Å². The predicted molar refractivity (Wildman–Crippen MR) is 127 cm³/mol. The number of carbonyl (C=O) groups is 2. The molecular weight excluding hydrogens is 480 g/mol. The zero-order valence-electron chi connectivity index (χ0n) is 21.9. The van der Waals surface area contributed by atoms with Gasteiger partial charge in [-0.05, 0) is 55.8 Å². The molecular formula is C28H38O9. The maximum absolute atomic E-state index is 13.6. The molecule has 8 aliphatic rings. The molecule has 0 aromatic carbocycles. The van der Waals surface area contributed by atoms with Crippen molar-refractivity contribution in [1.82, 2.24) is 0 Å². The van der Waals surface area contributed by atoms with Crippen LogP contribution in [0.15, 0.2) is 11.6 Å². The van der Waals surface area contributed by atoms with Crippen LogP contribution < -0.4 is 0 Å². The fourth-order valence-corrected chi connectivity index (χ4v) is 10.2. The van der Waals surface area contributed by atoms with E-state index in [2.05, 4.69) is 13.0 Å². The molecule has 9 heteroatoms. The Morgan fingerprint density at radius 3 is 2.70 bits per heavy atom. The van der Waals surface area contributed by atoms with E-state index in [0.29, 0.717) is 25.4 Å². The van der Waals surface area contributed by atoms with Crippen LogP contribution in [0, 0.1) is 45.8 Å². The molecule has 0 spiro atoms. The molecule has 8 bridgehead atoms. The van der Waals surface area contributed by atoms with Crippen LogP contribution in [-0.4, -0.2) is 72.4 Å². The summed E-state index contributed by atoms with van der Waals surface area (Å²) in [5, 5.41) is 22.4. The number of hydrogen-bond acceptors (Lipinski definition) is 8. The molecule has 4 heterocycles. The standard InChI is InChI=1S/C28H38O9/c1-5-33-19-20-22(30)28(36-21(19)23(35-20)37-28)34-12-26-10-16-14(4)6-7-17(16)25(11-29)9-15(26)8-18(13(2)3)27(25,26)24(31)32/h8,11,13-17,19-23,30H,5-7,9-10,12H2,1-4H3,(H,31,32). The molecule has 3 saturated carbocycles. The summed E-state index contributed by atoms with van der Waals surface area (Å²) in [5.74, 6) is -2.10. The Balaban J connectivity index is 1.30. The maximum atomic E-state index is 13.6. The van der Waals surface area contributed by atoms with E-state index in [0.717, 1.165) is 24.7 Å². The van der Waals surface area contributed by atoms with Gasteiger partial charge in [-0.3, -0.25) is 9.53 Å². The van der Waals surface area contributed by atoms with Gasteiger partial charge < -0.3 is 34.0 Å². The first-order valence-electron chi connectivity index (χ1n) is 14.0. The van der Waals surface area contributed by atoms with E-state index in [1.165, 1.54) is 0 Å². The molecule has 9 nitrogen and oxygen atoms in total. The highest BCUT2D eigenvalue weighted by molar-refractivity contribution is 5.90. The Bertz CT molecular complexity index is 1060. The lowest BCUT2D eigenvalue weighted by Gasteiger charge is -2.58. The number of carboxylic acids is 1. The number of carbonyl (C=O) groups excluding carboxylic acids is 1. The number of aliphatic carboxylic acids is 1. The Labute approximate surface area is 216 Å². The first-order chi connectivity index (χ1) is 17.6. The van der Waals surface area contributed by atoms with Gasteiger partial charge >= 0.3 is 11.9 Å². The number of aliphatic hydroxyl groups is 1. The third kappa shape index (κ3) is 2.54. The predicted octanol–water partition coefficient (Wildman–Crippen LogP) is 2.50. The van der Waals surface area contributed by atoms with Crippen LogP contribution >= 0.6 is 0 Å². The largest absolute Gasteiger partial charge is 0.481 e. The highest BCUT2D eigenvalue weighted by atomic mass is 17.0. The smallest absolute Gasteiger partial charge is 0.316 e. The Hall–Kier alpha value is -1.36. The number of hydrogen-bond donors (Lipinski definition) is 2. The summed E-state index contributed by atoms with van der Waals surface area (Å²) in [7, 11) is 0. The van der Waals surface area contributed by atoms with Crippen LogP contribution in [-0.2, 0) is 33.3 Å². The SMILES string of the molecule is CCOC1C2OC3(OCC45CC6C(C)CCC6C6(C=O)CC4C=C(C(C)C)C65C(=O)O)OC2OC1C3O. The molecule has 0 aromatic heterocycles. The van der Waals surface area contributed by atoms with Crippen molar-refractivity contribution in [3.05, 3.63) is 11.6 Å². The quantitative estimate of drug-likeness (QED) is 0.369. The molecule has 0 aromatic rings. The van der Waals surface area contributed by atoms with Gasteiger partial charge in [0.15, 0.2) is 12.4 Å². The van der Waals surface area contributed by atoms with Crippen LogP contribution in [0.4, 0.5) is 0 Å². The molecule has 4 aliphatic heterocycles. The minimum absolute atomic E-state index is 0.0186. The topological polar surface area (TPSA) is 121 Å². The molecule has 7 fully saturated rings. The van der Waals surface area contributed by atoms with Gasteiger partial charge in [-0.25, -0.2) is 0 Å². The summed E-state index contributed by atoms with van der Waals surface area (Å²) in [5.41, 5.74) is -2.31. The molecule has 0 amide bonds. The number of aldehydes is 1. The van der Waals surface area contributed by atoms with E-state index in [9.17, 15) is 19.8 Å². The van der Waals surface area contributed by atoms with Crippen molar-refractivity contribution in [2.75, 3.05) is 13.2 Å². The third-order valence-corrected chi connectivity index (χ3v) is 11.5. The maximum Gasteiger partial charge on any atom is 0.316 e. The molecule has 4 saturated heterocycles. The monoisotopic (exact) mass is 518 g/mol. The highest BCUT2D eigenvalue weighted by Crippen LogP contribution is 2.82. The van der Waals surface area contributed by atoms with Crippen LogP contribution in [0.1, 0.15) is 53.4 Å². The van der Waals surface area contributed by atoms with E-state index >= 15 is 0 Å². The highest BCUT2D eigenvalue weighted by Gasteiger charge is 2.85. The lowest BCUT2D eigenvalue weighted by atomic mass is 9.43. The van der Waals surface area contributed by atoms with Gasteiger partial charge in [0.25, 0.3) is 0 Å². The van der Waals surface area contributed by atoms with Crippen molar-refractivity contribution in [2.24, 2.45) is 45.8 Å². The van der Waals surface area contributed by atoms with Gasteiger partial charge in [0.2, 0.25) is 0 Å². The van der Waals surface area contributed by atoms with Crippen LogP contribution in [0.2, 0.25) is 0 Å². The van der Waals surface area contributed by atoms with E-state index in [1.807, 2.05) is 20.8 Å². The average Bonchev–Trinajstić information content (AvgIpc) is 3.59. The zero-order valence-corrected chi connectivity index (χ0v) is 21.9. The van der Waals surface area contributed by atoms with E-state index in [1.54, 1.807) is 0 Å². The van der Waals surface area contributed by atoms with Crippen molar-refractivity contribution in [3.8, 4) is 0 Å². The average molecular weight is 519 g/mol. The Kier molecular flexibility index (Phi) is 5.09. The Morgan fingerprint density at radius 2 is 2.03 bits per heavy atom. The van der Waals surface area contributed by atoms with Crippen LogP contribution in [0.25, 0.3) is 0 Å². The second-order valence-electron chi connectivity index (χ2n) is 12.9. The Morgan fingerprint density at radius 1 is 1.24 bits per heavy atom. The molecule has 0 radical (unpaired) electrons. The third-order valence-electron chi connectivity index (χ3n) is 11.5. The second-order valence-corrected chi connectivity index (χ2v) is 12.9. The van der Waals surface area contributed by atoms with Crippen LogP contribution in [0.5, 0.6) is 0 Å². The molecule has 204 valence electrons. The summed E-state index contributed by atoms with van der Waals surface area (Å²) < 4.78 is 30.2. The van der Waals surface area contributed by atoms with E-state index in [4.69, 9.17) is 23.7 Å². The molecule has 13 unspecified atom stereocenters.